The smallest absolute Gasteiger partial charge is 0.243 e. The lowest BCUT2D eigenvalue weighted by Gasteiger charge is -2.44. The van der Waals surface area contributed by atoms with E-state index in [1.165, 1.54) is 28.6 Å². The maximum Gasteiger partial charge on any atom is 0.243 e. The van der Waals surface area contributed by atoms with Crippen molar-refractivity contribution in [1.82, 2.24) is 9.21 Å². The van der Waals surface area contributed by atoms with E-state index in [-0.39, 0.29) is 10.4 Å². The molecule has 1 aromatic rings. The number of benzene rings is 1. The Morgan fingerprint density at radius 2 is 1.74 bits per heavy atom. The van der Waals surface area contributed by atoms with Crippen LogP contribution in [0.15, 0.2) is 29.2 Å². The average Bonchev–Trinajstić information content (AvgIpc) is 2.33. The molecule has 1 fully saturated rings. The quantitative estimate of drug-likeness (QED) is 0.828. The van der Waals surface area contributed by atoms with E-state index in [2.05, 4.69) is 4.90 Å². The van der Waals surface area contributed by atoms with Gasteiger partial charge in [-0.05, 0) is 45.2 Å². The summed E-state index contributed by atoms with van der Waals surface area (Å²) in [4.78, 5) is 2.29. The molecular weight excluding hydrogens is 267 g/mol. The lowest BCUT2D eigenvalue weighted by molar-refractivity contribution is 0.0801. The summed E-state index contributed by atoms with van der Waals surface area (Å²) in [7, 11) is -1.55. The molecule has 1 aliphatic heterocycles. The molecule has 0 spiro atoms. The van der Waals surface area contributed by atoms with E-state index >= 15 is 0 Å². The topological polar surface area (TPSA) is 40.6 Å². The molecule has 1 aliphatic rings. The van der Waals surface area contributed by atoms with Crippen LogP contribution in [0.1, 0.15) is 13.8 Å². The summed E-state index contributed by atoms with van der Waals surface area (Å²) < 4.78 is 39.3. The number of likely N-dealkylation sites (N-methyl/N-ethyl adjacent to an activating group) is 1. The van der Waals surface area contributed by atoms with Gasteiger partial charge in [0.1, 0.15) is 5.82 Å². The van der Waals surface area contributed by atoms with Crippen molar-refractivity contribution in [2.24, 2.45) is 0 Å². The van der Waals surface area contributed by atoms with Gasteiger partial charge in [-0.15, -0.1) is 0 Å². The standard InChI is InChI=1S/C13H19FN2O2S/c1-13(2)10-16(9-8-15(13)3)19(17,18)12-6-4-11(14)5-7-12/h4-7H,8-10H2,1-3H3. The monoisotopic (exact) mass is 286 g/mol. The number of sulfonamides is 1. The van der Waals surface area contributed by atoms with Gasteiger partial charge in [0.2, 0.25) is 10.0 Å². The van der Waals surface area contributed by atoms with E-state index in [1.807, 2.05) is 20.9 Å². The Kier molecular flexibility index (Phi) is 3.68. The molecule has 1 saturated heterocycles. The maximum absolute atomic E-state index is 12.9. The van der Waals surface area contributed by atoms with E-state index in [0.29, 0.717) is 19.6 Å². The molecule has 1 heterocycles. The van der Waals surface area contributed by atoms with Crippen LogP contribution in [0, 0.1) is 5.82 Å². The van der Waals surface area contributed by atoms with Crippen molar-refractivity contribution < 1.29 is 12.8 Å². The van der Waals surface area contributed by atoms with E-state index in [1.54, 1.807) is 0 Å². The summed E-state index contributed by atoms with van der Waals surface area (Å²) in [5.74, 6) is -0.433. The van der Waals surface area contributed by atoms with Crippen LogP contribution in [-0.4, -0.2) is 49.8 Å². The molecule has 0 bridgehead atoms. The third-order valence-corrected chi connectivity index (χ3v) is 5.59. The van der Waals surface area contributed by atoms with Crippen molar-refractivity contribution in [3.8, 4) is 0 Å². The minimum Gasteiger partial charge on any atom is -0.299 e. The van der Waals surface area contributed by atoms with Gasteiger partial charge in [0, 0.05) is 25.2 Å². The van der Waals surface area contributed by atoms with Crippen LogP contribution in [-0.2, 0) is 10.0 Å². The molecule has 0 radical (unpaired) electrons. The predicted octanol–water partition coefficient (Wildman–Crippen LogP) is 1.54. The van der Waals surface area contributed by atoms with Crippen LogP contribution in [0.3, 0.4) is 0 Å². The fourth-order valence-electron chi connectivity index (χ4n) is 2.16. The first-order chi connectivity index (χ1) is 8.73. The number of piperazine rings is 1. The first-order valence-electron chi connectivity index (χ1n) is 6.20. The molecule has 19 heavy (non-hydrogen) atoms. The fourth-order valence-corrected chi connectivity index (χ4v) is 3.74. The second-order valence-electron chi connectivity index (χ2n) is 5.53. The molecule has 0 saturated carbocycles. The van der Waals surface area contributed by atoms with E-state index in [9.17, 15) is 12.8 Å². The highest BCUT2D eigenvalue weighted by Crippen LogP contribution is 2.24. The molecule has 0 aromatic heterocycles. The number of hydrogen-bond acceptors (Lipinski definition) is 3. The van der Waals surface area contributed by atoms with Crippen molar-refractivity contribution in [3.63, 3.8) is 0 Å². The summed E-state index contributed by atoms with van der Waals surface area (Å²) in [6.07, 6.45) is 0. The lowest BCUT2D eigenvalue weighted by Crippen LogP contribution is -2.58. The molecule has 106 valence electrons. The summed E-state index contributed by atoms with van der Waals surface area (Å²) in [6.45, 7) is 5.61. The Balaban J connectivity index is 2.28. The number of rotatable bonds is 2. The van der Waals surface area contributed by atoms with Crippen molar-refractivity contribution in [1.29, 1.82) is 0 Å². The van der Waals surface area contributed by atoms with Crippen LogP contribution in [0.4, 0.5) is 4.39 Å². The first kappa shape index (κ1) is 14.4. The van der Waals surface area contributed by atoms with Crippen LogP contribution in [0.5, 0.6) is 0 Å². The van der Waals surface area contributed by atoms with Gasteiger partial charge >= 0.3 is 0 Å². The predicted molar refractivity (Wildman–Crippen MR) is 71.9 cm³/mol. The van der Waals surface area contributed by atoms with Gasteiger partial charge in [0.05, 0.1) is 4.90 Å². The largest absolute Gasteiger partial charge is 0.299 e. The van der Waals surface area contributed by atoms with E-state index in [0.717, 1.165) is 0 Å². The molecule has 0 amide bonds. The van der Waals surface area contributed by atoms with Crippen LogP contribution in [0.25, 0.3) is 0 Å². The fraction of sp³-hybridized carbons (Fsp3) is 0.538. The Hall–Kier alpha value is -0.980. The third kappa shape index (κ3) is 2.80. The van der Waals surface area contributed by atoms with Gasteiger partial charge in [-0.1, -0.05) is 0 Å². The molecule has 1 aromatic carbocycles. The normalized spacial score (nSPS) is 21.5. The number of halogens is 1. The van der Waals surface area contributed by atoms with E-state index in [4.69, 9.17) is 0 Å². The second kappa shape index (κ2) is 4.85. The Bertz CT molecular complexity index is 555. The van der Waals surface area contributed by atoms with E-state index < -0.39 is 15.8 Å². The van der Waals surface area contributed by atoms with Gasteiger partial charge in [0.25, 0.3) is 0 Å². The molecule has 0 unspecified atom stereocenters. The van der Waals surface area contributed by atoms with Crippen molar-refractivity contribution in [2.45, 2.75) is 24.3 Å². The SMILES string of the molecule is CN1CCN(S(=O)(=O)c2ccc(F)cc2)CC1(C)C. The van der Waals surface area contributed by atoms with Gasteiger partial charge in [-0.2, -0.15) is 4.31 Å². The Morgan fingerprint density at radius 3 is 2.26 bits per heavy atom. The van der Waals surface area contributed by atoms with Crippen LogP contribution < -0.4 is 0 Å². The zero-order valence-electron chi connectivity index (χ0n) is 11.4. The first-order valence-corrected chi connectivity index (χ1v) is 7.64. The van der Waals surface area contributed by atoms with Crippen molar-refractivity contribution in [3.05, 3.63) is 30.1 Å². The molecule has 2 rings (SSSR count). The van der Waals surface area contributed by atoms with Crippen molar-refractivity contribution in [2.75, 3.05) is 26.7 Å². The van der Waals surface area contributed by atoms with Gasteiger partial charge in [0.15, 0.2) is 0 Å². The van der Waals surface area contributed by atoms with Crippen LogP contribution >= 0.6 is 0 Å². The Labute approximate surface area is 113 Å². The molecule has 0 atom stereocenters. The van der Waals surface area contributed by atoms with Gasteiger partial charge in [-0.3, -0.25) is 4.90 Å². The Morgan fingerprint density at radius 1 is 1.16 bits per heavy atom. The highest BCUT2D eigenvalue weighted by Gasteiger charge is 2.37. The zero-order valence-corrected chi connectivity index (χ0v) is 12.2. The minimum absolute atomic E-state index is 0.147. The number of nitrogens with zero attached hydrogens (tertiary/aromatic N) is 2. The third-order valence-electron chi connectivity index (χ3n) is 3.73. The van der Waals surface area contributed by atoms with Gasteiger partial charge in [-0.25, -0.2) is 12.8 Å². The molecule has 4 nitrogen and oxygen atoms in total. The zero-order chi connectivity index (χ0) is 14.3. The number of hydrogen-bond donors (Lipinski definition) is 0. The minimum atomic E-state index is -3.53. The summed E-state index contributed by atoms with van der Waals surface area (Å²) >= 11 is 0. The summed E-state index contributed by atoms with van der Waals surface area (Å²) in [5.41, 5.74) is -0.203. The second-order valence-corrected chi connectivity index (χ2v) is 7.46. The van der Waals surface area contributed by atoms with Gasteiger partial charge < -0.3 is 0 Å². The molecule has 6 heteroatoms. The molecule has 0 aliphatic carbocycles. The summed E-state index contributed by atoms with van der Waals surface area (Å²) in [5, 5.41) is 0. The lowest BCUT2D eigenvalue weighted by atomic mass is 10.0. The maximum atomic E-state index is 12.9. The summed E-state index contributed by atoms with van der Waals surface area (Å²) in [6, 6.07) is 4.98. The van der Waals surface area contributed by atoms with Crippen molar-refractivity contribution >= 4 is 10.0 Å². The average molecular weight is 286 g/mol. The highest BCUT2D eigenvalue weighted by molar-refractivity contribution is 7.89. The molecular formula is C13H19FN2O2S. The highest BCUT2D eigenvalue weighted by atomic mass is 32.2. The molecule has 0 N–H and O–H groups in total. The van der Waals surface area contributed by atoms with Crippen LogP contribution in [0.2, 0.25) is 0 Å².